The Labute approximate surface area is 186 Å². The summed E-state index contributed by atoms with van der Waals surface area (Å²) in [6, 6.07) is 16.4. The fourth-order valence-electron chi connectivity index (χ4n) is 4.07. The maximum Gasteiger partial charge on any atom is 0.182 e. The van der Waals surface area contributed by atoms with E-state index in [0.717, 1.165) is 50.6 Å². The topological polar surface area (TPSA) is 60.5 Å². The van der Waals surface area contributed by atoms with Crippen LogP contribution in [0.4, 0.5) is 5.69 Å². The fourth-order valence-corrected chi connectivity index (χ4v) is 4.07. The van der Waals surface area contributed by atoms with Gasteiger partial charge in [0.2, 0.25) is 0 Å². The summed E-state index contributed by atoms with van der Waals surface area (Å²) in [5.41, 5.74) is 7.12. The summed E-state index contributed by atoms with van der Waals surface area (Å²) >= 11 is 0. The molecule has 2 aromatic carbocycles. The van der Waals surface area contributed by atoms with Crippen LogP contribution in [0.3, 0.4) is 0 Å². The van der Waals surface area contributed by atoms with Crippen molar-refractivity contribution in [3.05, 3.63) is 66.1 Å². The van der Waals surface area contributed by atoms with Gasteiger partial charge in [0.15, 0.2) is 17.1 Å². The molecule has 7 heteroatoms. The summed E-state index contributed by atoms with van der Waals surface area (Å²) in [4.78, 5) is 11.7. The summed E-state index contributed by atoms with van der Waals surface area (Å²) in [7, 11) is 4.06. The number of aromatic nitrogens is 5. The minimum absolute atomic E-state index is 0.649. The normalized spacial score (nSPS) is 11.4. The first-order valence-corrected chi connectivity index (χ1v) is 10.7. The number of ether oxygens (including phenoxy) is 1. The van der Waals surface area contributed by atoms with Crippen LogP contribution in [0.25, 0.3) is 33.8 Å². The number of nitrogens with zero attached hydrogens (tertiary/aromatic N) is 6. The molecule has 0 aliphatic heterocycles. The Kier molecular flexibility index (Phi) is 4.81. The first-order chi connectivity index (χ1) is 15.5. The zero-order valence-electron chi connectivity index (χ0n) is 19.0. The Morgan fingerprint density at radius 3 is 2.31 bits per heavy atom. The van der Waals surface area contributed by atoms with Gasteiger partial charge in [-0.2, -0.15) is 0 Å². The summed E-state index contributed by atoms with van der Waals surface area (Å²) in [5.74, 6) is 1.55. The van der Waals surface area contributed by atoms with E-state index in [4.69, 9.17) is 19.8 Å². The van der Waals surface area contributed by atoms with Crippen molar-refractivity contribution < 1.29 is 4.74 Å². The number of anilines is 1. The number of fused-ring (bicyclic) bond motifs is 3. The molecular formula is C25H26N6O. The molecule has 0 radical (unpaired) electrons. The third-order valence-electron chi connectivity index (χ3n) is 5.88. The molecular weight excluding hydrogens is 400 g/mol. The lowest BCUT2D eigenvalue weighted by molar-refractivity contribution is 0.340. The SMILES string of the molecule is CCOc1ccc(-n2c(C)c(C)c3c2ncn2nc(-c4ccc(N(C)C)cc4)nc32)cc1. The molecule has 162 valence electrons. The van der Waals surface area contributed by atoms with Gasteiger partial charge < -0.3 is 9.64 Å². The molecule has 0 bridgehead atoms. The average Bonchev–Trinajstić information content (AvgIpc) is 3.34. The Morgan fingerprint density at radius 1 is 0.938 bits per heavy atom. The quantitative estimate of drug-likeness (QED) is 0.403. The van der Waals surface area contributed by atoms with Gasteiger partial charge >= 0.3 is 0 Å². The largest absolute Gasteiger partial charge is 0.494 e. The van der Waals surface area contributed by atoms with Gasteiger partial charge in [-0.15, -0.1) is 5.10 Å². The molecule has 32 heavy (non-hydrogen) atoms. The molecule has 0 spiro atoms. The van der Waals surface area contributed by atoms with Crippen molar-refractivity contribution in [3.8, 4) is 22.8 Å². The highest BCUT2D eigenvalue weighted by molar-refractivity contribution is 5.95. The monoisotopic (exact) mass is 426 g/mol. The molecule has 0 unspecified atom stereocenters. The van der Waals surface area contributed by atoms with Gasteiger partial charge in [-0.1, -0.05) is 0 Å². The lowest BCUT2D eigenvalue weighted by Gasteiger charge is -2.11. The molecule has 5 rings (SSSR count). The Hall–Kier alpha value is -3.87. The van der Waals surface area contributed by atoms with E-state index in [9.17, 15) is 0 Å². The maximum absolute atomic E-state index is 5.59. The molecule has 3 heterocycles. The van der Waals surface area contributed by atoms with E-state index in [2.05, 4.69) is 59.7 Å². The zero-order chi connectivity index (χ0) is 22.4. The van der Waals surface area contributed by atoms with Gasteiger partial charge in [0.25, 0.3) is 0 Å². The summed E-state index contributed by atoms with van der Waals surface area (Å²) < 4.78 is 9.53. The van der Waals surface area contributed by atoms with E-state index in [1.165, 1.54) is 0 Å². The highest BCUT2D eigenvalue weighted by Gasteiger charge is 2.19. The first-order valence-electron chi connectivity index (χ1n) is 10.7. The Balaban J connectivity index is 1.65. The second kappa shape index (κ2) is 7.67. The van der Waals surface area contributed by atoms with Gasteiger partial charge in [0.1, 0.15) is 12.1 Å². The van der Waals surface area contributed by atoms with E-state index in [1.54, 1.807) is 10.8 Å². The molecule has 0 atom stereocenters. The minimum atomic E-state index is 0.649. The smallest absolute Gasteiger partial charge is 0.182 e. The molecule has 3 aromatic heterocycles. The molecule has 0 saturated carbocycles. The summed E-state index contributed by atoms with van der Waals surface area (Å²) in [6.07, 6.45) is 1.74. The molecule has 0 aliphatic carbocycles. The molecule has 0 aliphatic rings. The fraction of sp³-hybridized carbons (Fsp3) is 0.240. The van der Waals surface area contributed by atoms with E-state index >= 15 is 0 Å². The predicted molar refractivity (Wildman–Crippen MR) is 128 cm³/mol. The third kappa shape index (κ3) is 3.17. The second-order valence-electron chi connectivity index (χ2n) is 8.06. The first kappa shape index (κ1) is 20.1. The lowest BCUT2D eigenvalue weighted by Crippen LogP contribution is -2.07. The van der Waals surface area contributed by atoms with Gasteiger partial charge in [-0.3, -0.25) is 4.57 Å². The van der Waals surface area contributed by atoms with Crippen molar-refractivity contribution >= 4 is 22.4 Å². The van der Waals surface area contributed by atoms with Crippen LogP contribution in [0, 0.1) is 13.8 Å². The number of benzene rings is 2. The Bertz CT molecular complexity index is 1410. The van der Waals surface area contributed by atoms with Crippen LogP contribution < -0.4 is 9.64 Å². The van der Waals surface area contributed by atoms with Gasteiger partial charge in [0, 0.05) is 36.7 Å². The molecule has 5 aromatic rings. The van der Waals surface area contributed by atoms with Crippen molar-refractivity contribution in [1.29, 1.82) is 0 Å². The van der Waals surface area contributed by atoms with Gasteiger partial charge in [0.05, 0.1) is 12.0 Å². The summed E-state index contributed by atoms with van der Waals surface area (Å²) in [5, 5.41) is 5.71. The third-order valence-corrected chi connectivity index (χ3v) is 5.88. The Morgan fingerprint density at radius 2 is 1.66 bits per heavy atom. The van der Waals surface area contributed by atoms with Gasteiger partial charge in [-0.25, -0.2) is 14.5 Å². The van der Waals surface area contributed by atoms with Crippen molar-refractivity contribution in [2.24, 2.45) is 0 Å². The molecule has 0 saturated heterocycles. The van der Waals surface area contributed by atoms with Crippen molar-refractivity contribution in [2.45, 2.75) is 20.8 Å². The standard InChI is InChI=1S/C25H26N6O/c1-6-32-21-13-11-20(12-14-21)31-17(3)16(2)22-24(31)26-15-30-25(22)27-23(28-30)18-7-9-19(10-8-18)29(4)5/h7-15H,6H2,1-5H3. The molecule has 0 fully saturated rings. The zero-order valence-corrected chi connectivity index (χ0v) is 19.0. The van der Waals surface area contributed by atoms with Crippen molar-refractivity contribution in [1.82, 2.24) is 24.1 Å². The van der Waals surface area contributed by atoms with Crippen LogP contribution in [-0.4, -0.2) is 44.9 Å². The van der Waals surface area contributed by atoms with Crippen LogP contribution in [0.1, 0.15) is 18.2 Å². The van der Waals surface area contributed by atoms with E-state index in [-0.39, 0.29) is 0 Å². The van der Waals surface area contributed by atoms with E-state index in [1.807, 2.05) is 33.2 Å². The number of rotatable bonds is 5. The minimum Gasteiger partial charge on any atom is -0.494 e. The van der Waals surface area contributed by atoms with Crippen LogP contribution in [0.5, 0.6) is 5.75 Å². The molecule has 7 nitrogen and oxygen atoms in total. The lowest BCUT2D eigenvalue weighted by atomic mass is 10.2. The van der Waals surface area contributed by atoms with Crippen molar-refractivity contribution in [3.63, 3.8) is 0 Å². The van der Waals surface area contributed by atoms with E-state index < -0.39 is 0 Å². The number of aryl methyl sites for hydroxylation is 1. The number of hydrogen-bond acceptors (Lipinski definition) is 5. The maximum atomic E-state index is 5.59. The molecule has 0 N–H and O–H groups in total. The summed E-state index contributed by atoms with van der Waals surface area (Å²) in [6.45, 7) is 6.86. The van der Waals surface area contributed by atoms with Crippen LogP contribution in [0.15, 0.2) is 54.9 Å². The second-order valence-corrected chi connectivity index (χ2v) is 8.06. The highest BCUT2D eigenvalue weighted by Crippen LogP contribution is 2.31. The predicted octanol–water partition coefficient (Wildman–Crippen LogP) is 4.82. The van der Waals surface area contributed by atoms with Crippen LogP contribution in [0.2, 0.25) is 0 Å². The van der Waals surface area contributed by atoms with Gasteiger partial charge in [-0.05, 0) is 74.9 Å². The van der Waals surface area contributed by atoms with E-state index in [0.29, 0.717) is 12.4 Å². The molecule has 0 amide bonds. The number of hydrogen-bond donors (Lipinski definition) is 0. The average molecular weight is 427 g/mol. The highest BCUT2D eigenvalue weighted by atomic mass is 16.5. The van der Waals surface area contributed by atoms with Crippen LogP contribution in [-0.2, 0) is 0 Å². The van der Waals surface area contributed by atoms with Crippen LogP contribution >= 0.6 is 0 Å². The van der Waals surface area contributed by atoms with Crippen molar-refractivity contribution in [2.75, 3.05) is 25.6 Å².